The first-order chi connectivity index (χ1) is 13.9. The third-order valence-electron chi connectivity index (χ3n) is 4.59. The number of amides is 1. The van der Waals surface area contributed by atoms with Gasteiger partial charge in [-0.1, -0.05) is 29.3 Å². The zero-order chi connectivity index (χ0) is 20.8. The van der Waals surface area contributed by atoms with Crippen LogP contribution in [0.15, 0.2) is 42.5 Å². The molecule has 154 valence electrons. The van der Waals surface area contributed by atoms with E-state index in [4.69, 9.17) is 32.7 Å². The van der Waals surface area contributed by atoms with E-state index in [0.29, 0.717) is 35.5 Å². The minimum atomic E-state index is -0.492. The summed E-state index contributed by atoms with van der Waals surface area (Å²) in [5.41, 5.74) is 0.735. The molecule has 9 heteroatoms. The van der Waals surface area contributed by atoms with Crippen molar-refractivity contribution in [2.24, 2.45) is 0 Å². The molecule has 7 nitrogen and oxygen atoms in total. The number of hydrogen-bond donors (Lipinski definition) is 0. The van der Waals surface area contributed by atoms with Crippen molar-refractivity contribution in [3.63, 3.8) is 0 Å². The highest BCUT2D eigenvalue weighted by molar-refractivity contribution is 6.35. The summed E-state index contributed by atoms with van der Waals surface area (Å²) < 4.78 is 11.2. The molecule has 1 atom stereocenters. The highest BCUT2D eigenvalue weighted by Gasteiger charge is 2.24. The fraction of sp³-hybridized carbons (Fsp3) is 0.350. The number of ether oxygens (including phenoxy) is 2. The third-order valence-corrected chi connectivity index (χ3v) is 5.17. The molecule has 1 fully saturated rings. The van der Waals surface area contributed by atoms with Crippen LogP contribution in [-0.4, -0.2) is 41.6 Å². The lowest BCUT2D eigenvalue weighted by Gasteiger charge is -2.26. The number of nitro groups is 1. The Morgan fingerprint density at radius 2 is 2.00 bits per heavy atom. The molecule has 0 N–H and O–H groups in total. The average Bonchev–Trinajstić information content (AvgIpc) is 3.21. The van der Waals surface area contributed by atoms with Crippen LogP contribution in [0, 0.1) is 10.1 Å². The summed E-state index contributed by atoms with van der Waals surface area (Å²) in [6.07, 6.45) is 1.83. The number of halogens is 2. The fourth-order valence-corrected chi connectivity index (χ4v) is 3.51. The molecule has 0 radical (unpaired) electrons. The number of nitrogens with zero attached hydrogens (tertiary/aromatic N) is 2. The minimum absolute atomic E-state index is 0.0237. The van der Waals surface area contributed by atoms with E-state index in [1.807, 2.05) is 0 Å². The molecular formula is C20H20Cl2N2O5. The van der Waals surface area contributed by atoms with Crippen LogP contribution in [0.5, 0.6) is 5.75 Å². The van der Waals surface area contributed by atoms with Crippen LogP contribution < -0.4 is 4.74 Å². The van der Waals surface area contributed by atoms with Crippen LogP contribution in [0.4, 0.5) is 5.69 Å². The molecule has 1 amide bonds. The van der Waals surface area contributed by atoms with Crippen LogP contribution in [0.25, 0.3) is 0 Å². The average molecular weight is 439 g/mol. The van der Waals surface area contributed by atoms with E-state index in [1.165, 1.54) is 24.3 Å². The van der Waals surface area contributed by atoms with E-state index in [9.17, 15) is 14.9 Å². The zero-order valence-corrected chi connectivity index (χ0v) is 17.1. The van der Waals surface area contributed by atoms with Gasteiger partial charge in [0.2, 0.25) is 0 Å². The third kappa shape index (κ3) is 6.06. The Morgan fingerprint density at radius 1 is 1.24 bits per heavy atom. The topological polar surface area (TPSA) is 81.9 Å². The molecule has 0 spiro atoms. The Hall–Kier alpha value is -2.35. The molecule has 0 aromatic heterocycles. The van der Waals surface area contributed by atoms with Crippen molar-refractivity contribution in [2.75, 3.05) is 19.8 Å². The van der Waals surface area contributed by atoms with Crippen molar-refractivity contribution in [3.05, 3.63) is 68.2 Å². The number of hydrogen-bond acceptors (Lipinski definition) is 5. The zero-order valence-electron chi connectivity index (χ0n) is 15.6. The molecule has 1 saturated heterocycles. The van der Waals surface area contributed by atoms with Gasteiger partial charge in [-0.05, 0) is 42.7 Å². The standard InChI is InChI=1S/C20H20Cl2N2O5/c21-15-4-3-14(19(22)10-15)11-23(12-18-2-1-9-28-18)20(25)13-29-17-7-5-16(6-8-17)24(26)27/h3-8,10,18H,1-2,9,11-13H2/t18-/m0/s1. The Kier molecular flexibility index (Phi) is 7.30. The second-order valence-corrected chi connectivity index (χ2v) is 7.53. The summed E-state index contributed by atoms with van der Waals surface area (Å²) in [5.74, 6) is 0.149. The predicted octanol–water partition coefficient (Wildman–Crippen LogP) is 4.49. The van der Waals surface area contributed by atoms with Gasteiger partial charge in [0, 0.05) is 41.9 Å². The molecule has 2 aromatic rings. The Bertz CT molecular complexity index is 870. The van der Waals surface area contributed by atoms with E-state index >= 15 is 0 Å². The lowest BCUT2D eigenvalue weighted by molar-refractivity contribution is -0.384. The molecule has 0 unspecified atom stereocenters. The van der Waals surface area contributed by atoms with Gasteiger partial charge in [-0.15, -0.1) is 0 Å². The summed E-state index contributed by atoms with van der Waals surface area (Å²) in [6, 6.07) is 10.7. The lowest BCUT2D eigenvalue weighted by Crippen LogP contribution is -2.39. The van der Waals surface area contributed by atoms with Gasteiger partial charge in [0.05, 0.1) is 11.0 Å². The van der Waals surface area contributed by atoms with E-state index < -0.39 is 4.92 Å². The highest BCUT2D eigenvalue weighted by Crippen LogP contribution is 2.24. The van der Waals surface area contributed by atoms with Crippen molar-refractivity contribution in [2.45, 2.75) is 25.5 Å². The quantitative estimate of drug-likeness (QED) is 0.447. The van der Waals surface area contributed by atoms with Gasteiger partial charge in [0.15, 0.2) is 6.61 Å². The normalized spacial score (nSPS) is 15.9. The van der Waals surface area contributed by atoms with Gasteiger partial charge >= 0.3 is 0 Å². The number of carbonyl (C=O) groups excluding carboxylic acids is 1. The maximum Gasteiger partial charge on any atom is 0.269 e. The molecule has 2 aromatic carbocycles. The van der Waals surface area contributed by atoms with Gasteiger partial charge in [-0.3, -0.25) is 14.9 Å². The second kappa shape index (κ2) is 9.91. The molecule has 0 bridgehead atoms. The van der Waals surface area contributed by atoms with Gasteiger partial charge in [-0.2, -0.15) is 0 Å². The molecule has 0 saturated carbocycles. The van der Waals surface area contributed by atoms with Crippen molar-refractivity contribution >= 4 is 34.8 Å². The maximum atomic E-state index is 12.8. The monoisotopic (exact) mass is 438 g/mol. The Balaban J connectivity index is 1.66. The van der Waals surface area contributed by atoms with E-state index in [2.05, 4.69) is 0 Å². The smallest absolute Gasteiger partial charge is 0.269 e. The van der Waals surface area contributed by atoms with Gasteiger partial charge < -0.3 is 14.4 Å². The summed E-state index contributed by atoms with van der Waals surface area (Å²) in [5, 5.41) is 11.7. The Morgan fingerprint density at radius 3 is 2.62 bits per heavy atom. The molecule has 29 heavy (non-hydrogen) atoms. The van der Waals surface area contributed by atoms with Gasteiger partial charge in [0.1, 0.15) is 5.75 Å². The van der Waals surface area contributed by atoms with Crippen LogP contribution in [0.2, 0.25) is 10.0 Å². The lowest BCUT2D eigenvalue weighted by atomic mass is 10.1. The van der Waals surface area contributed by atoms with Gasteiger partial charge in [-0.25, -0.2) is 0 Å². The first-order valence-corrected chi connectivity index (χ1v) is 9.88. The Labute approximate surface area is 178 Å². The second-order valence-electron chi connectivity index (χ2n) is 6.68. The van der Waals surface area contributed by atoms with Crippen LogP contribution in [0.3, 0.4) is 0 Å². The van der Waals surface area contributed by atoms with E-state index in [0.717, 1.165) is 18.4 Å². The van der Waals surface area contributed by atoms with Crippen molar-refractivity contribution < 1.29 is 19.2 Å². The molecule has 3 rings (SSSR count). The van der Waals surface area contributed by atoms with E-state index in [-0.39, 0.29) is 24.3 Å². The SMILES string of the molecule is O=C(COc1ccc([N+](=O)[O-])cc1)N(Cc1ccc(Cl)cc1Cl)C[C@@H]1CCCO1. The largest absolute Gasteiger partial charge is 0.484 e. The van der Waals surface area contributed by atoms with E-state index in [1.54, 1.807) is 23.1 Å². The maximum absolute atomic E-state index is 12.8. The summed E-state index contributed by atoms with van der Waals surface area (Å²) >= 11 is 12.2. The summed E-state index contributed by atoms with van der Waals surface area (Å²) in [4.78, 5) is 24.7. The minimum Gasteiger partial charge on any atom is -0.484 e. The van der Waals surface area contributed by atoms with Crippen LogP contribution in [-0.2, 0) is 16.1 Å². The number of nitro benzene ring substituents is 1. The van der Waals surface area contributed by atoms with Crippen molar-refractivity contribution in [1.82, 2.24) is 4.90 Å². The highest BCUT2D eigenvalue weighted by atomic mass is 35.5. The van der Waals surface area contributed by atoms with Crippen molar-refractivity contribution in [1.29, 1.82) is 0 Å². The molecule has 1 heterocycles. The molecule has 1 aliphatic rings. The molecule has 0 aliphatic carbocycles. The first kappa shape index (κ1) is 21.4. The summed E-state index contributed by atoms with van der Waals surface area (Å²) in [7, 11) is 0. The fourth-order valence-electron chi connectivity index (χ4n) is 3.04. The first-order valence-electron chi connectivity index (χ1n) is 9.13. The summed E-state index contributed by atoms with van der Waals surface area (Å²) in [6.45, 7) is 1.23. The molecule has 1 aliphatic heterocycles. The molecular weight excluding hydrogens is 419 g/mol. The number of carbonyl (C=O) groups is 1. The number of rotatable bonds is 8. The number of benzene rings is 2. The number of non-ortho nitro benzene ring substituents is 1. The van der Waals surface area contributed by atoms with Crippen molar-refractivity contribution in [3.8, 4) is 5.75 Å². The van der Waals surface area contributed by atoms with Gasteiger partial charge in [0.25, 0.3) is 11.6 Å². The van der Waals surface area contributed by atoms with Crippen LogP contribution >= 0.6 is 23.2 Å². The van der Waals surface area contributed by atoms with Crippen LogP contribution in [0.1, 0.15) is 18.4 Å². The predicted molar refractivity (Wildman–Crippen MR) is 109 cm³/mol.